The molecule has 0 aliphatic rings. The third-order valence-electron chi connectivity index (χ3n) is 3.06. The summed E-state index contributed by atoms with van der Waals surface area (Å²) in [5.74, 6) is 0.666. The van der Waals surface area contributed by atoms with Crippen molar-refractivity contribution in [2.75, 3.05) is 0 Å². The van der Waals surface area contributed by atoms with E-state index in [1.54, 1.807) is 12.3 Å². The van der Waals surface area contributed by atoms with Crippen LogP contribution in [0.4, 0.5) is 0 Å². The normalized spacial score (nSPS) is 11.0. The predicted molar refractivity (Wildman–Crippen MR) is 80.8 cm³/mol. The van der Waals surface area contributed by atoms with Crippen LogP contribution in [0.1, 0.15) is 11.3 Å². The summed E-state index contributed by atoms with van der Waals surface area (Å²) >= 11 is 0. The van der Waals surface area contributed by atoms with E-state index < -0.39 is 0 Å². The molecule has 5 heteroatoms. The molecule has 0 spiro atoms. The van der Waals surface area contributed by atoms with Crippen LogP contribution < -0.4 is 4.74 Å². The van der Waals surface area contributed by atoms with Crippen molar-refractivity contribution in [3.05, 3.63) is 77.1 Å². The monoisotopic (exact) mass is 279 g/mol. The number of nitrogens with zero attached hydrogens (tertiary/aromatic N) is 3. The Hall–Kier alpha value is -2.95. The van der Waals surface area contributed by atoms with E-state index >= 15 is 0 Å². The number of rotatable bonds is 5. The van der Waals surface area contributed by atoms with Gasteiger partial charge in [0.2, 0.25) is 0 Å². The lowest BCUT2D eigenvalue weighted by molar-refractivity contribution is 0.290. The molecule has 0 atom stereocenters. The van der Waals surface area contributed by atoms with Crippen LogP contribution in [0.2, 0.25) is 0 Å². The maximum Gasteiger partial charge on any atom is 0.200 e. The van der Waals surface area contributed by atoms with Crippen LogP contribution in [0.15, 0.2) is 66.1 Å². The van der Waals surface area contributed by atoms with E-state index in [1.807, 2.05) is 52.9 Å². The first kappa shape index (κ1) is 13.1. The lowest BCUT2D eigenvalue weighted by Crippen LogP contribution is -2.01. The summed E-state index contributed by atoms with van der Waals surface area (Å²) in [4.78, 5) is 14.5. The molecule has 5 nitrogen and oxygen atoms in total. The second kappa shape index (κ2) is 6.00. The van der Waals surface area contributed by atoms with Gasteiger partial charge in [-0.1, -0.05) is 36.4 Å². The van der Waals surface area contributed by atoms with Crippen LogP contribution in [-0.2, 0) is 6.61 Å². The average molecular weight is 279 g/mol. The molecule has 2 heterocycles. The number of hydrogen-bond donors (Lipinski definition) is 0. The molecule has 0 fully saturated rings. The summed E-state index contributed by atoms with van der Waals surface area (Å²) in [6, 6.07) is 15.5. The summed E-state index contributed by atoms with van der Waals surface area (Å²) in [6.07, 6.45) is 4.46. The van der Waals surface area contributed by atoms with E-state index in [9.17, 15) is 4.91 Å². The minimum Gasteiger partial charge on any atom is -0.474 e. The standard InChI is InChI=1S/C16H13N3O2/c20-18-10-9-14-11-17-15-7-4-8-16(19(14)15)21-12-13-5-2-1-3-6-13/h1-11H,12H2/b10-9+. The largest absolute Gasteiger partial charge is 0.474 e. The van der Waals surface area contributed by atoms with Gasteiger partial charge in [-0.25, -0.2) is 4.98 Å². The first-order chi connectivity index (χ1) is 10.4. The lowest BCUT2D eigenvalue weighted by atomic mass is 10.2. The lowest BCUT2D eigenvalue weighted by Gasteiger charge is -2.09. The molecule has 0 N–H and O–H groups in total. The molecule has 104 valence electrons. The molecular formula is C16H13N3O2. The van der Waals surface area contributed by atoms with Crippen molar-refractivity contribution in [3.8, 4) is 5.88 Å². The average Bonchev–Trinajstić information content (AvgIpc) is 2.96. The molecule has 1 aromatic carbocycles. The topological polar surface area (TPSA) is 56.0 Å². The van der Waals surface area contributed by atoms with E-state index in [0.717, 1.165) is 16.9 Å². The molecule has 21 heavy (non-hydrogen) atoms. The fourth-order valence-corrected chi connectivity index (χ4v) is 2.10. The van der Waals surface area contributed by atoms with Gasteiger partial charge in [0.15, 0.2) is 5.88 Å². The second-order valence-electron chi connectivity index (χ2n) is 4.44. The maximum absolute atomic E-state index is 10.2. The fourth-order valence-electron chi connectivity index (χ4n) is 2.10. The molecule has 0 unspecified atom stereocenters. The number of benzene rings is 1. The number of ether oxygens (including phenoxy) is 1. The highest BCUT2D eigenvalue weighted by molar-refractivity contribution is 5.54. The van der Waals surface area contributed by atoms with Gasteiger partial charge in [-0.15, -0.1) is 4.91 Å². The third kappa shape index (κ3) is 2.81. The fraction of sp³-hybridized carbons (Fsp3) is 0.0625. The summed E-state index contributed by atoms with van der Waals surface area (Å²) in [5, 5.41) is 2.73. The van der Waals surface area contributed by atoms with Crippen molar-refractivity contribution >= 4 is 11.7 Å². The zero-order valence-corrected chi connectivity index (χ0v) is 11.2. The Morgan fingerprint density at radius 2 is 2.00 bits per heavy atom. The number of aromatic nitrogens is 2. The molecular weight excluding hydrogens is 266 g/mol. The third-order valence-corrected chi connectivity index (χ3v) is 3.06. The van der Waals surface area contributed by atoms with Gasteiger partial charge in [0.25, 0.3) is 0 Å². The van der Waals surface area contributed by atoms with Crippen LogP contribution in [0.25, 0.3) is 11.7 Å². The quantitative estimate of drug-likeness (QED) is 0.670. The van der Waals surface area contributed by atoms with Gasteiger partial charge >= 0.3 is 0 Å². The zero-order valence-electron chi connectivity index (χ0n) is 11.2. The maximum atomic E-state index is 10.2. The number of nitroso groups, excluding NO2 is 1. The Morgan fingerprint density at radius 1 is 1.14 bits per heavy atom. The minimum absolute atomic E-state index is 0.465. The molecule has 2 aromatic heterocycles. The molecule has 0 saturated carbocycles. The van der Waals surface area contributed by atoms with Gasteiger partial charge in [-0.3, -0.25) is 4.40 Å². The summed E-state index contributed by atoms with van der Waals surface area (Å²) in [5.41, 5.74) is 2.58. The van der Waals surface area contributed by atoms with Crippen LogP contribution in [0.5, 0.6) is 5.88 Å². The molecule has 0 aliphatic heterocycles. The van der Waals surface area contributed by atoms with Crippen molar-refractivity contribution in [2.45, 2.75) is 6.61 Å². The Balaban J connectivity index is 1.92. The highest BCUT2D eigenvalue weighted by atomic mass is 16.5. The molecule has 0 amide bonds. The highest BCUT2D eigenvalue weighted by Crippen LogP contribution is 2.19. The predicted octanol–water partition coefficient (Wildman–Crippen LogP) is 3.65. The Morgan fingerprint density at radius 3 is 2.81 bits per heavy atom. The van der Waals surface area contributed by atoms with Gasteiger partial charge in [0.05, 0.1) is 18.1 Å². The van der Waals surface area contributed by atoms with Gasteiger partial charge < -0.3 is 4.74 Å². The van der Waals surface area contributed by atoms with Crippen molar-refractivity contribution in [2.24, 2.45) is 5.18 Å². The van der Waals surface area contributed by atoms with E-state index in [-0.39, 0.29) is 0 Å². The number of hydrogen-bond acceptors (Lipinski definition) is 4. The number of fused-ring (bicyclic) bond motifs is 1. The molecule has 0 radical (unpaired) electrons. The second-order valence-corrected chi connectivity index (χ2v) is 4.44. The van der Waals surface area contributed by atoms with Crippen molar-refractivity contribution < 1.29 is 4.74 Å². The van der Waals surface area contributed by atoms with Gasteiger partial charge in [-0.05, 0) is 28.9 Å². The zero-order chi connectivity index (χ0) is 14.5. The van der Waals surface area contributed by atoms with Crippen molar-refractivity contribution in [3.63, 3.8) is 0 Å². The van der Waals surface area contributed by atoms with Gasteiger partial charge in [0.1, 0.15) is 12.3 Å². The van der Waals surface area contributed by atoms with E-state index in [1.165, 1.54) is 6.20 Å². The summed E-state index contributed by atoms with van der Waals surface area (Å²) in [7, 11) is 0. The van der Waals surface area contributed by atoms with Gasteiger partial charge in [0, 0.05) is 0 Å². The number of imidazole rings is 1. The smallest absolute Gasteiger partial charge is 0.200 e. The summed E-state index contributed by atoms with van der Waals surface area (Å²) in [6.45, 7) is 0.465. The molecule has 0 bridgehead atoms. The Bertz CT molecular complexity index is 779. The van der Waals surface area contributed by atoms with Gasteiger partial charge in [-0.2, -0.15) is 0 Å². The SMILES string of the molecule is O=N/C=C/c1cnc2cccc(OCc3ccccc3)n12. The Kier molecular flexibility index (Phi) is 3.73. The highest BCUT2D eigenvalue weighted by Gasteiger charge is 2.06. The number of pyridine rings is 1. The molecule has 3 rings (SSSR count). The van der Waals surface area contributed by atoms with Crippen LogP contribution >= 0.6 is 0 Å². The van der Waals surface area contributed by atoms with Crippen molar-refractivity contribution in [1.29, 1.82) is 0 Å². The molecule has 3 aromatic rings. The Labute approximate surface area is 121 Å². The molecule has 0 saturated heterocycles. The first-order valence-corrected chi connectivity index (χ1v) is 6.51. The van der Waals surface area contributed by atoms with E-state index in [0.29, 0.717) is 12.5 Å². The van der Waals surface area contributed by atoms with E-state index in [4.69, 9.17) is 4.74 Å². The first-order valence-electron chi connectivity index (χ1n) is 6.51. The van der Waals surface area contributed by atoms with Crippen LogP contribution in [-0.4, -0.2) is 9.38 Å². The van der Waals surface area contributed by atoms with E-state index in [2.05, 4.69) is 10.2 Å². The van der Waals surface area contributed by atoms with Crippen molar-refractivity contribution in [1.82, 2.24) is 9.38 Å². The van der Waals surface area contributed by atoms with Crippen LogP contribution in [0.3, 0.4) is 0 Å². The minimum atomic E-state index is 0.465. The van der Waals surface area contributed by atoms with Crippen LogP contribution in [0, 0.1) is 4.91 Å². The summed E-state index contributed by atoms with van der Waals surface area (Å²) < 4.78 is 7.70. The molecule has 0 aliphatic carbocycles.